The Bertz CT molecular complexity index is 926. The molecule has 0 aliphatic rings. The summed E-state index contributed by atoms with van der Waals surface area (Å²) in [6, 6.07) is 10.2. The van der Waals surface area contributed by atoms with Gasteiger partial charge in [-0.2, -0.15) is 18.3 Å². The van der Waals surface area contributed by atoms with E-state index in [1.165, 1.54) is 18.2 Å². The second-order valence-corrected chi connectivity index (χ2v) is 5.90. The molecular formula is C19H17F3N4O2. The molecule has 0 spiro atoms. The van der Waals surface area contributed by atoms with Crippen LogP contribution in [0.2, 0.25) is 0 Å². The van der Waals surface area contributed by atoms with Crippen LogP contribution in [-0.4, -0.2) is 27.3 Å². The van der Waals surface area contributed by atoms with Crippen molar-refractivity contribution in [3.05, 3.63) is 72.2 Å². The van der Waals surface area contributed by atoms with Gasteiger partial charge in [-0.3, -0.25) is 14.5 Å². The Labute approximate surface area is 159 Å². The molecule has 0 radical (unpaired) electrons. The average Bonchev–Trinajstić information content (AvgIpc) is 3.12. The molecule has 2 heterocycles. The number of para-hydroxylation sites is 1. The molecule has 0 bridgehead atoms. The Morgan fingerprint density at radius 1 is 1.11 bits per heavy atom. The van der Waals surface area contributed by atoms with E-state index in [-0.39, 0.29) is 0 Å². The number of ether oxygens (including phenoxy) is 1. The molecule has 0 fully saturated rings. The van der Waals surface area contributed by atoms with Gasteiger partial charge in [-0.15, -0.1) is 0 Å². The quantitative estimate of drug-likeness (QED) is 0.670. The van der Waals surface area contributed by atoms with Gasteiger partial charge in [0.15, 0.2) is 12.4 Å². The Kier molecular flexibility index (Phi) is 5.93. The number of hydrogen-bond donors (Lipinski definition) is 1. The number of benzene rings is 1. The second-order valence-electron chi connectivity index (χ2n) is 5.90. The van der Waals surface area contributed by atoms with E-state index in [0.29, 0.717) is 12.4 Å². The molecule has 0 unspecified atom stereocenters. The lowest BCUT2D eigenvalue weighted by Gasteiger charge is -2.13. The Hall–Kier alpha value is -3.36. The number of halogens is 3. The first kappa shape index (κ1) is 19.4. The van der Waals surface area contributed by atoms with Crippen molar-refractivity contribution in [3.63, 3.8) is 0 Å². The molecule has 146 valence electrons. The van der Waals surface area contributed by atoms with Crippen LogP contribution in [-0.2, 0) is 23.9 Å². The number of aromatic nitrogens is 3. The molecule has 1 aromatic carbocycles. The van der Waals surface area contributed by atoms with Crippen molar-refractivity contribution in [1.82, 2.24) is 14.8 Å². The first-order chi connectivity index (χ1) is 13.4. The van der Waals surface area contributed by atoms with Gasteiger partial charge in [0.25, 0.3) is 5.91 Å². The zero-order chi connectivity index (χ0) is 20.0. The largest absolute Gasteiger partial charge is 0.483 e. The van der Waals surface area contributed by atoms with Crippen molar-refractivity contribution in [2.75, 3.05) is 11.9 Å². The summed E-state index contributed by atoms with van der Waals surface area (Å²) in [5.41, 5.74) is 0.177. The Morgan fingerprint density at radius 2 is 1.86 bits per heavy atom. The maximum Gasteiger partial charge on any atom is 0.419 e. The molecule has 2 aromatic heterocycles. The molecule has 1 amide bonds. The highest BCUT2D eigenvalue weighted by molar-refractivity contribution is 5.90. The van der Waals surface area contributed by atoms with Crippen molar-refractivity contribution < 1.29 is 22.7 Å². The maximum atomic E-state index is 12.9. The summed E-state index contributed by atoms with van der Waals surface area (Å²) < 4.78 is 45.5. The fourth-order valence-corrected chi connectivity index (χ4v) is 2.49. The number of carbonyl (C=O) groups is 1. The highest BCUT2D eigenvalue weighted by atomic mass is 19.4. The third-order valence-corrected chi connectivity index (χ3v) is 3.84. The summed E-state index contributed by atoms with van der Waals surface area (Å²) in [5.74, 6) is -0.697. The minimum absolute atomic E-state index is 0.299. The van der Waals surface area contributed by atoms with Gasteiger partial charge in [-0.1, -0.05) is 12.1 Å². The van der Waals surface area contributed by atoms with E-state index < -0.39 is 30.0 Å². The van der Waals surface area contributed by atoms with Gasteiger partial charge in [-0.05, 0) is 36.2 Å². The van der Waals surface area contributed by atoms with Crippen LogP contribution < -0.4 is 10.1 Å². The second kappa shape index (κ2) is 8.55. The van der Waals surface area contributed by atoms with Crippen LogP contribution in [0.5, 0.6) is 5.75 Å². The molecule has 0 saturated heterocycles. The van der Waals surface area contributed by atoms with Gasteiger partial charge in [0.1, 0.15) is 5.75 Å². The standard InChI is InChI=1S/C19H17F3N4O2/c20-19(21,22)15-3-1-2-4-16(15)28-13-18(27)24-17-8-12-26(25-17)11-7-14-5-9-23-10-6-14/h1-6,8-10,12H,7,11,13H2,(H,24,25,27). The zero-order valence-corrected chi connectivity index (χ0v) is 14.7. The van der Waals surface area contributed by atoms with Crippen LogP contribution >= 0.6 is 0 Å². The zero-order valence-electron chi connectivity index (χ0n) is 14.7. The summed E-state index contributed by atoms with van der Waals surface area (Å²) in [7, 11) is 0. The van der Waals surface area contributed by atoms with Crippen molar-refractivity contribution in [2.45, 2.75) is 19.1 Å². The SMILES string of the molecule is O=C(COc1ccccc1C(F)(F)F)Nc1ccn(CCc2ccncc2)n1. The van der Waals surface area contributed by atoms with Gasteiger partial charge in [-0.25, -0.2) is 0 Å². The summed E-state index contributed by atoms with van der Waals surface area (Å²) >= 11 is 0. The molecule has 0 aliphatic heterocycles. The predicted octanol–water partition coefficient (Wildman–Crippen LogP) is 3.56. The van der Waals surface area contributed by atoms with Gasteiger partial charge in [0.2, 0.25) is 0 Å². The molecule has 3 rings (SSSR count). The number of nitrogens with one attached hydrogen (secondary N) is 1. The van der Waals surface area contributed by atoms with Crippen molar-refractivity contribution in [3.8, 4) is 5.75 Å². The van der Waals surface area contributed by atoms with E-state index in [9.17, 15) is 18.0 Å². The van der Waals surface area contributed by atoms with Gasteiger partial charge >= 0.3 is 6.18 Å². The summed E-state index contributed by atoms with van der Waals surface area (Å²) in [5, 5.41) is 6.71. The van der Waals surface area contributed by atoms with E-state index >= 15 is 0 Å². The third kappa shape index (κ3) is 5.32. The van der Waals surface area contributed by atoms with Gasteiger partial charge < -0.3 is 10.1 Å². The fraction of sp³-hybridized carbons (Fsp3) is 0.211. The highest BCUT2D eigenvalue weighted by Crippen LogP contribution is 2.35. The van der Waals surface area contributed by atoms with E-state index in [0.717, 1.165) is 18.1 Å². The van der Waals surface area contributed by atoms with E-state index in [4.69, 9.17) is 4.74 Å². The number of nitrogens with zero attached hydrogens (tertiary/aromatic N) is 3. The van der Waals surface area contributed by atoms with Crippen LogP contribution in [0.3, 0.4) is 0 Å². The number of hydrogen-bond acceptors (Lipinski definition) is 4. The Morgan fingerprint density at radius 3 is 2.61 bits per heavy atom. The minimum atomic E-state index is -4.55. The van der Waals surface area contributed by atoms with E-state index in [1.807, 2.05) is 12.1 Å². The summed E-state index contributed by atoms with van der Waals surface area (Å²) in [4.78, 5) is 15.9. The van der Waals surface area contributed by atoms with Crippen LogP contribution in [0.25, 0.3) is 0 Å². The predicted molar refractivity (Wildman–Crippen MR) is 95.7 cm³/mol. The molecular weight excluding hydrogens is 373 g/mol. The molecule has 1 N–H and O–H groups in total. The van der Waals surface area contributed by atoms with Gasteiger partial charge in [0.05, 0.1) is 5.56 Å². The molecule has 9 heteroatoms. The lowest BCUT2D eigenvalue weighted by Crippen LogP contribution is -2.21. The summed E-state index contributed by atoms with van der Waals surface area (Å²) in [6.07, 6.45) is 1.31. The molecule has 0 saturated carbocycles. The van der Waals surface area contributed by atoms with Crippen molar-refractivity contribution in [1.29, 1.82) is 0 Å². The number of rotatable bonds is 7. The van der Waals surface area contributed by atoms with Gasteiger partial charge in [0, 0.05) is 31.2 Å². The average molecular weight is 390 g/mol. The minimum Gasteiger partial charge on any atom is -0.483 e. The van der Waals surface area contributed by atoms with E-state index in [1.54, 1.807) is 29.3 Å². The number of amides is 1. The van der Waals surface area contributed by atoms with Crippen molar-refractivity contribution >= 4 is 11.7 Å². The van der Waals surface area contributed by atoms with Crippen LogP contribution in [0.4, 0.5) is 19.0 Å². The number of alkyl halides is 3. The lowest BCUT2D eigenvalue weighted by molar-refractivity contribution is -0.139. The molecule has 28 heavy (non-hydrogen) atoms. The molecule has 0 atom stereocenters. The Balaban J connectivity index is 1.51. The first-order valence-corrected chi connectivity index (χ1v) is 8.43. The molecule has 6 nitrogen and oxygen atoms in total. The third-order valence-electron chi connectivity index (χ3n) is 3.84. The first-order valence-electron chi connectivity index (χ1n) is 8.43. The lowest BCUT2D eigenvalue weighted by atomic mass is 10.2. The van der Waals surface area contributed by atoms with Crippen molar-refractivity contribution in [2.24, 2.45) is 0 Å². The van der Waals surface area contributed by atoms with Crippen LogP contribution in [0.1, 0.15) is 11.1 Å². The normalized spacial score (nSPS) is 11.2. The molecule has 3 aromatic rings. The van der Waals surface area contributed by atoms with Crippen LogP contribution in [0, 0.1) is 0 Å². The number of anilines is 1. The number of pyridine rings is 1. The van der Waals surface area contributed by atoms with E-state index in [2.05, 4.69) is 15.4 Å². The topological polar surface area (TPSA) is 69.0 Å². The number of carbonyl (C=O) groups excluding carboxylic acids is 1. The summed E-state index contributed by atoms with van der Waals surface area (Å²) in [6.45, 7) is 0.0479. The number of aryl methyl sites for hydroxylation is 2. The van der Waals surface area contributed by atoms with Crippen LogP contribution in [0.15, 0.2) is 61.1 Å². The monoisotopic (exact) mass is 390 g/mol. The fourth-order valence-electron chi connectivity index (χ4n) is 2.49. The highest BCUT2D eigenvalue weighted by Gasteiger charge is 2.34. The molecule has 0 aliphatic carbocycles. The smallest absolute Gasteiger partial charge is 0.419 e. The maximum absolute atomic E-state index is 12.9.